The SMILES string of the molecule is CCOC(=O)COc1ccc2ccc(OCCCCCBr)c(CCC(=O)O)c2c1. The molecule has 29 heavy (non-hydrogen) atoms. The van der Waals surface area contributed by atoms with E-state index in [0.717, 1.165) is 40.9 Å². The van der Waals surface area contributed by atoms with Crippen LogP contribution >= 0.6 is 15.9 Å². The van der Waals surface area contributed by atoms with Gasteiger partial charge in [0, 0.05) is 17.3 Å². The lowest BCUT2D eigenvalue weighted by Gasteiger charge is -2.15. The van der Waals surface area contributed by atoms with E-state index in [-0.39, 0.29) is 13.0 Å². The van der Waals surface area contributed by atoms with Crippen molar-refractivity contribution in [2.24, 2.45) is 0 Å². The number of halogens is 1. The highest BCUT2D eigenvalue weighted by molar-refractivity contribution is 9.09. The third-order valence-corrected chi connectivity index (χ3v) is 4.91. The van der Waals surface area contributed by atoms with Gasteiger partial charge in [0.2, 0.25) is 0 Å². The zero-order valence-corrected chi connectivity index (χ0v) is 18.2. The van der Waals surface area contributed by atoms with E-state index in [2.05, 4.69) is 15.9 Å². The normalized spacial score (nSPS) is 10.7. The standard InChI is InChI=1S/C22H27BrO6/c1-2-27-22(26)15-29-17-8-6-16-7-10-20(28-13-5-3-4-12-23)18(19(16)14-17)9-11-21(24)25/h6-8,10,14H,2-5,9,11-13,15H2,1H3,(H,24,25). The lowest BCUT2D eigenvalue weighted by atomic mass is 9.99. The van der Waals surface area contributed by atoms with Gasteiger partial charge in [0.25, 0.3) is 0 Å². The number of carbonyl (C=O) groups excluding carboxylic acids is 1. The Labute approximate surface area is 179 Å². The molecule has 0 aliphatic heterocycles. The van der Waals surface area contributed by atoms with E-state index in [1.807, 2.05) is 24.3 Å². The van der Waals surface area contributed by atoms with Crippen LogP contribution in [-0.2, 0) is 20.7 Å². The van der Waals surface area contributed by atoms with Gasteiger partial charge in [-0.2, -0.15) is 0 Å². The molecule has 2 aromatic rings. The molecule has 2 rings (SSSR count). The van der Waals surface area contributed by atoms with Crippen molar-refractivity contribution in [1.82, 2.24) is 0 Å². The number of alkyl halides is 1. The largest absolute Gasteiger partial charge is 0.493 e. The average Bonchev–Trinajstić information content (AvgIpc) is 2.70. The van der Waals surface area contributed by atoms with Gasteiger partial charge in [0.05, 0.1) is 13.2 Å². The highest BCUT2D eigenvalue weighted by Crippen LogP contribution is 2.32. The Morgan fingerprint density at radius 2 is 1.86 bits per heavy atom. The minimum Gasteiger partial charge on any atom is -0.493 e. The van der Waals surface area contributed by atoms with Gasteiger partial charge in [-0.1, -0.05) is 28.1 Å². The van der Waals surface area contributed by atoms with Crippen molar-refractivity contribution in [3.63, 3.8) is 0 Å². The summed E-state index contributed by atoms with van der Waals surface area (Å²) in [5.74, 6) is -0.0732. The zero-order chi connectivity index (χ0) is 21.1. The zero-order valence-electron chi connectivity index (χ0n) is 16.6. The molecule has 0 saturated carbocycles. The third-order valence-electron chi connectivity index (χ3n) is 4.35. The molecule has 2 aromatic carbocycles. The molecule has 1 N–H and O–H groups in total. The van der Waals surface area contributed by atoms with E-state index in [9.17, 15) is 9.59 Å². The van der Waals surface area contributed by atoms with Gasteiger partial charge in [-0.15, -0.1) is 0 Å². The van der Waals surface area contributed by atoms with Crippen LogP contribution in [0.3, 0.4) is 0 Å². The van der Waals surface area contributed by atoms with E-state index in [0.29, 0.717) is 31.1 Å². The molecule has 0 unspecified atom stereocenters. The van der Waals surface area contributed by atoms with Crippen LogP contribution in [0.5, 0.6) is 11.5 Å². The van der Waals surface area contributed by atoms with Crippen LogP contribution < -0.4 is 9.47 Å². The summed E-state index contributed by atoms with van der Waals surface area (Å²) < 4.78 is 16.4. The molecule has 0 heterocycles. The summed E-state index contributed by atoms with van der Waals surface area (Å²) in [6.45, 7) is 2.45. The van der Waals surface area contributed by atoms with Crippen LogP contribution in [0.25, 0.3) is 10.8 Å². The summed E-state index contributed by atoms with van der Waals surface area (Å²) in [6.07, 6.45) is 3.45. The number of hydrogen-bond donors (Lipinski definition) is 1. The molecule has 0 atom stereocenters. The average molecular weight is 467 g/mol. The second-order valence-electron chi connectivity index (χ2n) is 6.51. The molecular formula is C22H27BrO6. The second-order valence-corrected chi connectivity index (χ2v) is 7.30. The Balaban J connectivity index is 2.23. The van der Waals surface area contributed by atoms with Crippen molar-refractivity contribution >= 4 is 38.6 Å². The van der Waals surface area contributed by atoms with E-state index < -0.39 is 11.9 Å². The number of ether oxygens (including phenoxy) is 3. The number of aliphatic carboxylic acids is 1. The first-order chi connectivity index (χ1) is 14.0. The Kier molecular flexibility index (Phi) is 9.77. The summed E-state index contributed by atoms with van der Waals surface area (Å²) in [7, 11) is 0. The van der Waals surface area contributed by atoms with Crippen molar-refractivity contribution < 1.29 is 28.9 Å². The van der Waals surface area contributed by atoms with Crippen LogP contribution in [0.4, 0.5) is 0 Å². The number of esters is 1. The smallest absolute Gasteiger partial charge is 0.344 e. The number of rotatable bonds is 13. The maximum atomic E-state index is 11.5. The summed E-state index contributed by atoms with van der Waals surface area (Å²) >= 11 is 3.42. The molecule has 0 aliphatic carbocycles. The van der Waals surface area contributed by atoms with Crippen molar-refractivity contribution in [1.29, 1.82) is 0 Å². The highest BCUT2D eigenvalue weighted by atomic mass is 79.9. The van der Waals surface area contributed by atoms with Gasteiger partial charge in [-0.3, -0.25) is 4.79 Å². The second kappa shape index (κ2) is 12.3. The molecule has 158 valence electrons. The van der Waals surface area contributed by atoms with Crippen LogP contribution in [0, 0.1) is 0 Å². The minimum absolute atomic E-state index is 0.00692. The monoisotopic (exact) mass is 466 g/mol. The highest BCUT2D eigenvalue weighted by Gasteiger charge is 2.13. The predicted octanol–water partition coefficient (Wildman–Crippen LogP) is 4.74. The number of carboxylic acid groups (broad SMARTS) is 1. The molecule has 0 bridgehead atoms. The van der Waals surface area contributed by atoms with Crippen LogP contribution in [-0.4, -0.2) is 42.2 Å². The van der Waals surface area contributed by atoms with Gasteiger partial charge < -0.3 is 19.3 Å². The molecule has 0 fully saturated rings. The summed E-state index contributed by atoms with van der Waals surface area (Å²) in [6, 6.07) is 9.33. The van der Waals surface area contributed by atoms with E-state index in [4.69, 9.17) is 19.3 Å². The van der Waals surface area contributed by atoms with Gasteiger partial charge in [0.1, 0.15) is 11.5 Å². The van der Waals surface area contributed by atoms with E-state index in [1.54, 1.807) is 13.0 Å². The molecular weight excluding hydrogens is 440 g/mol. The fraction of sp³-hybridized carbons (Fsp3) is 0.455. The molecule has 7 heteroatoms. The molecule has 0 aliphatic rings. The molecule has 0 saturated heterocycles. The molecule has 0 radical (unpaired) electrons. The quantitative estimate of drug-likeness (QED) is 0.260. The van der Waals surface area contributed by atoms with Gasteiger partial charge >= 0.3 is 11.9 Å². The lowest BCUT2D eigenvalue weighted by Crippen LogP contribution is -2.14. The number of fused-ring (bicyclic) bond motifs is 1. The van der Waals surface area contributed by atoms with Crippen LogP contribution in [0.2, 0.25) is 0 Å². The first-order valence-electron chi connectivity index (χ1n) is 9.79. The summed E-state index contributed by atoms with van der Waals surface area (Å²) in [5, 5.41) is 11.9. The Morgan fingerprint density at radius 1 is 1.07 bits per heavy atom. The maximum Gasteiger partial charge on any atom is 0.344 e. The molecule has 6 nitrogen and oxygen atoms in total. The maximum absolute atomic E-state index is 11.5. The first-order valence-corrected chi connectivity index (χ1v) is 10.9. The molecule has 0 aromatic heterocycles. The summed E-state index contributed by atoms with van der Waals surface area (Å²) in [5.41, 5.74) is 0.840. The number of unbranched alkanes of at least 4 members (excludes halogenated alkanes) is 2. The van der Waals surface area contributed by atoms with Gasteiger partial charge in [-0.05, 0) is 61.6 Å². The summed E-state index contributed by atoms with van der Waals surface area (Å²) in [4.78, 5) is 22.7. The lowest BCUT2D eigenvalue weighted by molar-refractivity contribution is -0.145. The van der Waals surface area contributed by atoms with Gasteiger partial charge in [0.15, 0.2) is 6.61 Å². The Bertz CT molecular complexity index is 820. The van der Waals surface area contributed by atoms with E-state index in [1.165, 1.54) is 0 Å². The van der Waals surface area contributed by atoms with E-state index >= 15 is 0 Å². The fourth-order valence-electron chi connectivity index (χ4n) is 2.96. The minimum atomic E-state index is -0.861. The van der Waals surface area contributed by atoms with Crippen molar-refractivity contribution in [2.75, 3.05) is 25.2 Å². The predicted molar refractivity (Wildman–Crippen MR) is 115 cm³/mol. The Morgan fingerprint density at radius 3 is 2.59 bits per heavy atom. The van der Waals surface area contributed by atoms with Gasteiger partial charge in [-0.25, -0.2) is 4.79 Å². The Hall–Kier alpha value is -2.28. The number of benzene rings is 2. The van der Waals surface area contributed by atoms with Crippen LogP contribution in [0.15, 0.2) is 30.3 Å². The number of carbonyl (C=O) groups is 2. The van der Waals surface area contributed by atoms with Crippen LogP contribution in [0.1, 0.15) is 38.2 Å². The number of hydrogen-bond acceptors (Lipinski definition) is 5. The third kappa shape index (κ3) is 7.57. The molecule has 0 spiro atoms. The first kappa shape index (κ1) is 23.0. The van der Waals surface area contributed by atoms with Crippen molar-refractivity contribution in [2.45, 2.75) is 39.0 Å². The van der Waals surface area contributed by atoms with Crippen molar-refractivity contribution in [3.05, 3.63) is 35.9 Å². The van der Waals surface area contributed by atoms with Crippen molar-refractivity contribution in [3.8, 4) is 11.5 Å². The number of carboxylic acids is 1. The fourth-order valence-corrected chi connectivity index (χ4v) is 3.35. The molecule has 0 amide bonds. The number of aryl methyl sites for hydroxylation is 1. The topological polar surface area (TPSA) is 82.1 Å².